The summed E-state index contributed by atoms with van der Waals surface area (Å²) in [6.45, 7) is 2.93. The number of carbonyl (C=O) groups is 1. The van der Waals surface area contributed by atoms with Gasteiger partial charge in [0.15, 0.2) is 4.90 Å². The van der Waals surface area contributed by atoms with Gasteiger partial charge < -0.3 is 5.32 Å². The first-order valence-electron chi connectivity index (χ1n) is 12.2. The second-order valence-electron chi connectivity index (χ2n) is 9.07. The summed E-state index contributed by atoms with van der Waals surface area (Å²) in [4.78, 5) is 23.1. The highest BCUT2D eigenvalue weighted by atomic mass is 32.2. The molecule has 0 bridgehead atoms. The molecule has 1 amide bonds. The number of rotatable bonds is 10. The van der Waals surface area contributed by atoms with E-state index in [0.717, 1.165) is 27.6 Å². The number of anilines is 3. The Morgan fingerprint density at radius 1 is 0.854 bits per heavy atom. The van der Waals surface area contributed by atoms with Gasteiger partial charge in [-0.2, -0.15) is 0 Å². The first kappa shape index (κ1) is 29.2. The monoisotopic (exact) mass is 594 g/mol. The number of nitro groups is 1. The van der Waals surface area contributed by atoms with E-state index in [1.54, 1.807) is 37.3 Å². The molecule has 0 aliphatic heterocycles. The Balaban J connectivity index is 1.56. The molecule has 4 aromatic carbocycles. The average Bonchev–Trinajstić information content (AvgIpc) is 2.94. The third-order valence-corrected chi connectivity index (χ3v) is 9.25. The van der Waals surface area contributed by atoms with E-state index in [2.05, 4.69) is 10.0 Å². The molecule has 41 heavy (non-hydrogen) atoms. The fourth-order valence-corrected chi connectivity index (χ4v) is 6.65. The standard InChI is InChI=1S/C28H26N4O7S2/c1-20-12-13-21(2)25(18-20)30-40(36,37)24-16-14-22(15-17-24)29-28(33)19-31(23-8-4-3-5-9-23)41(38,39)27-11-7-6-10-26(27)32(34)35/h3-18,30H,19H2,1-2H3,(H,29,33). The van der Waals surface area contributed by atoms with Crippen LogP contribution < -0.4 is 14.3 Å². The lowest BCUT2D eigenvalue weighted by molar-refractivity contribution is -0.387. The highest BCUT2D eigenvalue weighted by molar-refractivity contribution is 7.93. The zero-order chi connectivity index (χ0) is 29.8. The van der Waals surface area contributed by atoms with Gasteiger partial charge in [0.1, 0.15) is 6.54 Å². The summed E-state index contributed by atoms with van der Waals surface area (Å²) >= 11 is 0. The number of amides is 1. The van der Waals surface area contributed by atoms with Crippen molar-refractivity contribution >= 4 is 48.7 Å². The van der Waals surface area contributed by atoms with Crippen LogP contribution in [-0.4, -0.2) is 34.2 Å². The van der Waals surface area contributed by atoms with E-state index in [0.29, 0.717) is 5.69 Å². The maximum Gasteiger partial charge on any atom is 0.289 e. The molecule has 0 aliphatic rings. The van der Waals surface area contributed by atoms with Gasteiger partial charge in [0.05, 0.1) is 21.2 Å². The summed E-state index contributed by atoms with van der Waals surface area (Å²) in [5, 5.41) is 14.1. The maximum atomic E-state index is 13.6. The van der Waals surface area contributed by atoms with Crippen molar-refractivity contribution in [2.75, 3.05) is 20.9 Å². The lowest BCUT2D eigenvalue weighted by atomic mass is 10.1. The van der Waals surface area contributed by atoms with E-state index < -0.39 is 48.0 Å². The molecular weight excluding hydrogens is 568 g/mol. The lowest BCUT2D eigenvalue weighted by Crippen LogP contribution is -2.38. The minimum atomic E-state index is -4.54. The second-order valence-corrected chi connectivity index (χ2v) is 12.6. The van der Waals surface area contributed by atoms with Gasteiger partial charge in [0.2, 0.25) is 5.91 Å². The molecule has 13 heteroatoms. The summed E-state index contributed by atoms with van der Waals surface area (Å²) in [7, 11) is -8.46. The van der Waals surface area contributed by atoms with E-state index in [1.807, 2.05) is 13.0 Å². The van der Waals surface area contributed by atoms with Gasteiger partial charge >= 0.3 is 0 Å². The molecule has 0 heterocycles. The number of hydrogen-bond acceptors (Lipinski definition) is 7. The van der Waals surface area contributed by atoms with Crippen LogP contribution >= 0.6 is 0 Å². The summed E-state index contributed by atoms with van der Waals surface area (Å²) in [6, 6.07) is 23.4. The Kier molecular flexibility index (Phi) is 8.40. The molecule has 212 valence electrons. The van der Waals surface area contributed by atoms with Crippen molar-refractivity contribution in [3.63, 3.8) is 0 Å². The first-order valence-corrected chi connectivity index (χ1v) is 15.1. The fourth-order valence-electron chi connectivity index (χ4n) is 3.95. The highest BCUT2D eigenvalue weighted by Crippen LogP contribution is 2.30. The van der Waals surface area contributed by atoms with Crippen LogP contribution in [-0.2, 0) is 24.8 Å². The van der Waals surface area contributed by atoms with Crippen molar-refractivity contribution in [2.45, 2.75) is 23.6 Å². The summed E-state index contributed by atoms with van der Waals surface area (Å²) in [5.74, 6) is -0.750. The van der Waals surface area contributed by atoms with E-state index in [-0.39, 0.29) is 16.3 Å². The molecule has 0 unspecified atom stereocenters. The zero-order valence-electron chi connectivity index (χ0n) is 22.0. The van der Waals surface area contributed by atoms with E-state index in [9.17, 15) is 31.7 Å². The molecule has 11 nitrogen and oxygen atoms in total. The molecule has 4 rings (SSSR count). The number of carbonyl (C=O) groups excluding carboxylic acids is 1. The summed E-state index contributed by atoms with van der Waals surface area (Å²) in [6.07, 6.45) is 0. The number of aryl methyl sites for hydroxylation is 2. The quantitative estimate of drug-likeness (QED) is 0.196. The molecule has 0 saturated heterocycles. The van der Waals surface area contributed by atoms with Crippen LogP contribution in [0.1, 0.15) is 11.1 Å². The van der Waals surface area contributed by atoms with Gasteiger partial charge in [0.25, 0.3) is 25.7 Å². The SMILES string of the molecule is Cc1ccc(C)c(NS(=O)(=O)c2ccc(NC(=O)CN(c3ccccc3)S(=O)(=O)c3ccccc3[N+](=O)[O-])cc2)c1. The second kappa shape index (κ2) is 11.8. The van der Waals surface area contributed by atoms with E-state index >= 15 is 0 Å². The van der Waals surface area contributed by atoms with Crippen molar-refractivity contribution in [1.29, 1.82) is 0 Å². The minimum Gasteiger partial charge on any atom is -0.325 e. The predicted molar refractivity (Wildman–Crippen MR) is 156 cm³/mol. The normalized spacial score (nSPS) is 11.5. The van der Waals surface area contributed by atoms with Crippen LogP contribution in [0.2, 0.25) is 0 Å². The third-order valence-electron chi connectivity index (χ3n) is 6.05. The van der Waals surface area contributed by atoms with Crippen molar-refractivity contribution in [3.05, 3.63) is 118 Å². The average molecular weight is 595 g/mol. The van der Waals surface area contributed by atoms with Crippen molar-refractivity contribution in [2.24, 2.45) is 0 Å². The van der Waals surface area contributed by atoms with Gasteiger partial charge in [-0.15, -0.1) is 0 Å². The zero-order valence-corrected chi connectivity index (χ0v) is 23.6. The Labute approximate surface area is 237 Å². The number of nitrogens with one attached hydrogen (secondary N) is 2. The lowest BCUT2D eigenvalue weighted by Gasteiger charge is -2.24. The van der Waals surface area contributed by atoms with Gasteiger partial charge in [-0.1, -0.05) is 42.5 Å². The van der Waals surface area contributed by atoms with Crippen LogP contribution in [0.5, 0.6) is 0 Å². The Hall–Kier alpha value is -4.75. The Morgan fingerprint density at radius 2 is 1.49 bits per heavy atom. The molecule has 2 N–H and O–H groups in total. The van der Waals surface area contributed by atoms with Gasteiger partial charge in [-0.3, -0.25) is 23.9 Å². The highest BCUT2D eigenvalue weighted by Gasteiger charge is 2.33. The van der Waals surface area contributed by atoms with Crippen LogP contribution in [0, 0.1) is 24.0 Å². The van der Waals surface area contributed by atoms with E-state index in [1.165, 1.54) is 48.5 Å². The molecule has 0 fully saturated rings. The van der Waals surface area contributed by atoms with Crippen LogP contribution in [0.15, 0.2) is 107 Å². The largest absolute Gasteiger partial charge is 0.325 e. The van der Waals surface area contributed by atoms with Crippen LogP contribution in [0.25, 0.3) is 0 Å². The number of para-hydroxylation sites is 2. The molecule has 0 radical (unpaired) electrons. The Bertz CT molecular complexity index is 1810. The fraction of sp³-hybridized carbons (Fsp3) is 0.107. The molecule has 4 aromatic rings. The topological polar surface area (TPSA) is 156 Å². The number of hydrogen-bond donors (Lipinski definition) is 2. The minimum absolute atomic E-state index is 0.0405. The third kappa shape index (κ3) is 6.70. The maximum absolute atomic E-state index is 13.6. The molecule has 0 spiro atoms. The molecule has 0 atom stereocenters. The van der Waals surface area contributed by atoms with Gasteiger partial charge in [0, 0.05) is 11.8 Å². The molecule has 0 saturated carbocycles. The van der Waals surface area contributed by atoms with Gasteiger partial charge in [-0.25, -0.2) is 16.8 Å². The van der Waals surface area contributed by atoms with Crippen LogP contribution in [0.3, 0.4) is 0 Å². The number of benzene rings is 4. The van der Waals surface area contributed by atoms with E-state index in [4.69, 9.17) is 0 Å². The molecule has 0 aliphatic carbocycles. The number of sulfonamides is 2. The molecule has 0 aromatic heterocycles. The van der Waals surface area contributed by atoms with Crippen LogP contribution in [0.4, 0.5) is 22.7 Å². The summed E-state index contributed by atoms with van der Waals surface area (Å²) < 4.78 is 56.3. The predicted octanol–water partition coefficient (Wildman–Crippen LogP) is 4.85. The Morgan fingerprint density at radius 3 is 2.15 bits per heavy atom. The first-order chi connectivity index (χ1) is 19.4. The number of nitrogens with zero attached hydrogens (tertiary/aromatic N) is 2. The van der Waals surface area contributed by atoms with Crippen molar-refractivity contribution in [1.82, 2.24) is 0 Å². The number of nitro benzene ring substituents is 1. The van der Waals surface area contributed by atoms with Crippen molar-refractivity contribution in [3.8, 4) is 0 Å². The molecular formula is C28H26N4O7S2. The van der Waals surface area contributed by atoms with Crippen molar-refractivity contribution < 1.29 is 26.6 Å². The smallest absolute Gasteiger partial charge is 0.289 e. The summed E-state index contributed by atoms with van der Waals surface area (Å²) in [5.41, 5.74) is 1.81. The van der Waals surface area contributed by atoms with Gasteiger partial charge in [-0.05, 0) is 73.5 Å².